The van der Waals surface area contributed by atoms with Gasteiger partial charge in [0.05, 0.1) is 4.90 Å². The van der Waals surface area contributed by atoms with Crippen LogP contribution in [0.1, 0.15) is 12.5 Å². The number of sulfonamides is 1. The summed E-state index contributed by atoms with van der Waals surface area (Å²) in [5.74, 6) is -0.256. The molecule has 0 saturated carbocycles. The van der Waals surface area contributed by atoms with Crippen molar-refractivity contribution in [2.75, 3.05) is 10.0 Å². The highest BCUT2D eigenvalue weighted by Crippen LogP contribution is 2.23. The summed E-state index contributed by atoms with van der Waals surface area (Å²) >= 11 is 3.30. The lowest BCUT2D eigenvalue weighted by atomic mass is 10.2. The van der Waals surface area contributed by atoms with Gasteiger partial charge >= 0.3 is 0 Å². The summed E-state index contributed by atoms with van der Waals surface area (Å²) in [5.41, 5.74) is 1.50. The highest BCUT2D eigenvalue weighted by Gasteiger charge is 2.18. The minimum atomic E-state index is -3.73. The molecule has 0 heterocycles. The lowest BCUT2D eigenvalue weighted by Gasteiger charge is -2.12. The molecule has 0 atom stereocenters. The van der Waals surface area contributed by atoms with Crippen molar-refractivity contribution in [1.29, 1.82) is 0 Å². The maximum Gasteiger partial charge on any atom is 0.262 e. The second-order valence-electron chi connectivity index (χ2n) is 4.77. The van der Waals surface area contributed by atoms with E-state index in [0.29, 0.717) is 16.9 Å². The van der Waals surface area contributed by atoms with E-state index < -0.39 is 10.0 Å². The SMILES string of the molecule is CC(=O)Nc1ccc(C)c(S(=O)(=O)Nc2ccc(Br)cc2)c1. The maximum atomic E-state index is 12.5. The van der Waals surface area contributed by atoms with Gasteiger partial charge in [0.15, 0.2) is 0 Å². The highest BCUT2D eigenvalue weighted by molar-refractivity contribution is 9.10. The van der Waals surface area contributed by atoms with E-state index in [4.69, 9.17) is 0 Å². The third kappa shape index (κ3) is 4.08. The average Bonchev–Trinajstić information content (AvgIpc) is 2.42. The fraction of sp³-hybridized carbons (Fsp3) is 0.133. The number of carbonyl (C=O) groups is 1. The Morgan fingerprint density at radius 1 is 1.05 bits per heavy atom. The average molecular weight is 383 g/mol. The quantitative estimate of drug-likeness (QED) is 0.849. The van der Waals surface area contributed by atoms with Crippen LogP contribution in [0.4, 0.5) is 11.4 Å². The molecule has 0 spiro atoms. The van der Waals surface area contributed by atoms with Gasteiger partial charge in [0.2, 0.25) is 5.91 Å². The summed E-state index contributed by atoms with van der Waals surface area (Å²) < 4.78 is 28.4. The number of nitrogens with one attached hydrogen (secondary N) is 2. The molecular formula is C15H15BrN2O3S. The summed E-state index contributed by atoms with van der Waals surface area (Å²) in [6, 6.07) is 11.6. The summed E-state index contributed by atoms with van der Waals surface area (Å²) in [6.45, 7) is 3.07. The lowest BCUT2D eigenvalue weighted by molar-refractivity contribution is -0.114. The van der Waals surface area contributed by atoms with Gasteiger partial charge in [-0.05, 0) is 48.9 Å². The first kappa shape index (κ1) is 16.5. The topological polar surface area (TPSA) is 75.3 Å². The fourth-order valence-corrected chi connectivity index (χ4v) is 3.49. The minimum Gasteiger partial charge on any atom is -0.326 e. The third-order valence-corrected chi connectivity index (χ3v) is 4.95. The van der Waals surface area contributed by atoms with Crippen molar-refractivity contribution in [3.8, 4) is 0 Å². The number of carbonyl (C=O) groups excluding carboxylic acids is 1. The van der Waals surface area contributed by atoms with Crippen molar-refractivity contribution >= 4 is 43.2 Å². The zero-order valence-electron chi connectivity index (χ0n) is 12.1. The number of hydrogen-bond acceptors (Lipinski definition) is 3. The van der Waals surface area contributed by atoms with Crippen molar-refractivity contribution in [3.63, 3.8) is 0 Å². The molecule has 2 rings (SSSR count). The summed E-state index contributed by atoms with van der Waals surface area (Å²) in [6.07, 6.45) is 0. The van der Waals surface area contributed by atoms with Crippen LogP contribution >= 0.6 is 15.9 Å². The van der Waals surface area contributed by atoms with Crippen LogP contribution in [0, 0.1) is 6.92 Å². The Hall–Kier alpha value is -1.86. The number of anilines is 2. The molecule has 5 nitrogen and oxygen atoms in total. The Morgan fingerprint density at radius 2 is 1.64 bits per heavy atom. The van der Waals surface area contributed by atoms with Crippen molar-refractivity contribution in [2.24, 2.45) is 0 Å². The van der Waals surface area contributed by atoms with Gasteiger partial charge in [0.25, 0.3) is 10.0 Å². The summed E-state index contributed by atoms with van der Waals surface area (Å²) in [4.78, 5) is 11.2. The van der Waals surface area contributed by atoms with Gasteiger partial charge < -0.3 is 5.32 Å². The monoisotopic (exact) mass is 382 g/mol. The number of benzene rings is 2. The van der Waals surface area contributed by atoms with E-state index in [0.717, 1.165) is 4.47 Å². The van der Waals surface area contributed by atoms with E-state index in [9.17, 15) is 13.2 Å². The number of amides is 1. The predicted molar refractivity (Wildman–Crippen MR) is 90.4 cm³/mol. The van der Waals surface area contributed by atoms with Crippen molar-refractivity contribution in [2.45, 2.75) is 18.7 Å². The van der Waals surface area contributed by atoms with E-state index in [1.165, 1.54) is 13.0 Å². The van der Waals surface area contributed by atoms with Crippen LogP contribution in [0.3, 0.4) is 0 Å². The first-order valence-corrected chi connectivity index (χ1v) is 8.72. The number of aryl methyl sites for hydroxylation is 1. The second kappa shape index (κ2) is 6.50. The molecular weight excluding hydrogens is 368 g/mol. The molecule has 0 aliphatic rings. The van der Waals surface area contributed by atoms with Crippen LogP contribution in [-0.2, 0) is 14.8 Å². The van der Waals surface area contributed by atoms with E-state index >= 15 is 0 Å². The van der Waals surface area contributed by atoms with Crippen LogP contribution in [0.5, 0.6) is 0 Å². The Balaban J connectivity index is 2.35. The van der Waals surface area contributed by atoms with Crippen LogP contribution in [0.25, 0.3) is 0 Å². The molecule has 0 unspecified atom stereocenters. The zero-order chi connectivity index (χ0) is 16.3. The van der Waals surface area contributed by atoms with Crippen molar-refractivity contribution in [1.82, 2.24) is 0 Å². The molecule has 116 valence electrons. The Morgan fingerprint density at radius 3 is 2.23 bits per heavy atom. The van der Waals surface area contributed by atoms with Gasteiger partial charge in [-0.2, -0.15) is 0 Å². The maximum absolute atomic E-state index is 12.5. The molecule has 0 aliphatic carbocycles. The van der Waals surface area contributed by atoms with Crippen molar-refractivity contribution in [3.05, 3.63) is 52.5 Å². The van der Waals surface area contributed by atoms with Crippen LogP contribution in [0.2, 0.25) is 0 Å². The first-order chi connectivity index (χ1) is 10.3. The molecule has 0 aromatic heterocycles. The van der Waals surface area contributed by atoms with Crippen LogP contribution < -0.4 is 10.0 Å². The highest BCUT2D eigenvalue weighted by atomic mass is 79.9. The molecule has 0 saturated heterocycles. The summed E-state index contributed by atoms with van der Waals surface area (Å²) in [5, 5.41) is 2.58. The smallest absolute Gasteiger partial charge is 0.262 e. The van der Waals surface area contributed by atoms with Gasteiger partial charge in [-0.15, -0.1) is 0 Å². The first-order valence-electron chi connectivity index (χ1n) is 6.44. The molecule has 0 bridgehead atoms. The normalized spacial score (nSPS) is 11.0. The van der Waals surface area contributed by atoms with Gasteiger partial charge in [0.1, 0.15) is 0 Å². The van der Waals surface area contributed by atoms with E-state index in [-0.39, 0.29) is 10.8 Å². The molecule has 22 heavy (non-hydrogen) atoms. The predicted octanol–water partition coefficient (Wildman–Crippen LogP) is 3.52. The number of rotatable bonds is 4. The molecule has 2 N–H and O–H groups in total. The van der Waals surface area contributed by atoms with Gasteiger partial charge in [-0.1, -0.05) is 22.0 Å². The van der Waals surface area contributed by atoms with Crippen LogP contribution in [0.15, 0.2) is 51.8 Å². The third-order valence-electron chi connectivity index (χ3n) is 2.89. The van der Waals surface area contributed by atoms with Gasteiger partial charge in [-0.3, -0.25) is 9.52 Å². The molecule has 2 aromatic rings. The Bertz CT molecular complexity index is 802. The van der Waals surface area contributed by atoms with E-state index in [2.05, 4.69) is 26.0 Å². The minimum absolute atomic E-state index is 0.127. The fourth-order valence-electron chi connectivity index (χ4n) is 1.90. The van der Waals surface area contributed by atoms with Crippen molar-refractivity contribution < 1.29 is 13.2 Å². The van der Waals surface area contributed by atoms with E-state index in [1.54, 1.807) is 43.3 Å². The Kier molecular flexibility index (Phi) is 4.87. The number of halogens is 1. The summed E-state index contributed by atoms with van der Waals surface area (Å²) in [7, 11) is -3.73. The molecule has 1 amide bonds. The molecule has 2 aromatic carbocycles. The van der Waals surface area contributed by atoms with Gasteiger partial charge in [-0.25, -0.2) is 8.42 Å². The molecule has 0 fully saturated rings. The Labute approximate surface area is 137 Å². The molecule has 7 heteroatoms. The van der Waals surface area contributed by atoms with E-state index in [1.807, 2.05) is 0 Å². The second-order valence-corrected chi connectivity index (χ2v) is 7.34. The molecule has 0 radical (unpaired) electrons. The lowest BCUT2D eigenvalue weighted by Crippen LogP contribution is -2.15. The largest absolute Gasteiger partial charge is 0.326 e. The molecule has 0 aliphatic heterocycles. The number of hydrogen-bond donors (Lipinski definition) is 2. The van der Waals surface area contributed by atoms with Crippen LogP contribution in [-0.4, -0.2) is 14.3 Å². The van der Waals surface area contributed by atoms with Gasteiger partial charge in [0, 0.05) is 22.8 Å². The zero-order valence-corrected chi connectivity index (χ0v) is 14.5. The standard InChI is InChI=1S/C15H15BrN2O3S/c1-10-3-6-14(17-11(2)19)9-15(10)22(20,21)18-13-7-4-12(16)5-8-13/h3-9,18H,1-2H3,(H,17,19).